The zero-order valence-electron chi connectivity index (χ0n) is 12.1. The van der Waals surface area contributed by atoms with Crippen LogP contribution in [0.15, 0.2) is 42.5 Å². The number of hydrogen-bond donors (Lipinski definition) is 1. The molecule has 2 atom stereocenters. The van der Waals surface area contributed by atoms with Crippen LogP contribution in [0.1, 0.15) is 29.7 Å². The second-order valence-corrected chi connectivity index (χ2v) is 5.11. The van der Waals surface area contributed by atoms with Gasteiger partial charge in [-0.3, -0.25) is 0 Å². The molecule has 0 aliphatic carbocycles. The number of hydrogen-bond acceptors (Lipinski definition) is 3. The summed E-state index contributed by atoms with van der Waals surface area (Å²) in [6.45, 7) is 0. The van der Waals surface area contributed by atoms with E-state index in [4.69, 9.17) is 9.47 Å². The molecule has 0 aromatic heterocycles. The van der Waals surface area contributed by atoms with Crippen LogP contribution in [-0.2, 0) is 0 Å². The lowest BCUT2D eigenvalue weighted by Crippen LogP contribution is -2.27. The SMILES string of the molecule is CNC1CC(c2ccccc2OC)Oc2ccc(F)cc21. The van der Waals surface area contributed by atoms with Crippen LogP contribution >= 0.6 is 0 Å². The fraction of sp³-hybridized carbons (Fsp3) is 0.294. The average molecular weight is 287 g/mol. The lowest BCUT2D eigenvalue weighted by atomic mass is 9.92. The summed E-state index contributed by atoms with van der Waals surface area (Å²) >= 11 is 0. The van der Waals surface area contributed by atoms with Crippen molar-refractivity contribution in [2.45, 2.75) is 18.6 Å². The standard InChI is InChI=1S/C17H18FNO2/c1-19-14-10-17(12-5-3-4-6-15(12)20-2)21-16-8-7-11(18)9-13(14)16/h3-9,14,17,19H,10H2,1-2H3. The van der Waals surface area contributed by atoms with Crippen LogP contribution in [0.3, 0.4) is 0 Å². The maximum Gasteiger partial charge on any atom is 0.129 e. The summed E-state index contributed by atoms with van der Waals surface area (Å²) in [7, 11) is 3.53. The first-order valence-corrected chi connectivity index (χ1v) is 6.99. The van der Waals surface area contributed by atoms with Gasteiger partial charge in [0.1, 0.15) is 23.4 Å². The van der Waals surface area contributed by atoms with Crippen LogP contribution in [0, 0.1) is 5.82 Å². The molecule has 0 spiro atoms. The maximum atomic E-state index is 13.4. The van der Waals surface area contributed by atoms with Crippen molar-refractivity contribution in [2.24, 2.45) is 0 Å². The van der Waals surface area contributed by atoms with Crippen molar-refractivity contribution < 1.29 is 13.9 Å². The Labute approximate surface area is 123 Å². The van der Waals surface area contributed by atoms with Crippen molar-refractivity contribution in [1.82, 2.24) is 5.32 Å². The molecule has 2 unspecified atom stereocenters. The van der Waals surface area contributed by atoms with Gasteiger partial charge in [-0.05, 0) is 31.3 Å². The first kappa shape index (κ1) is 13.9. The highest BCUT2D eigenvalue weighted by Gasteiger charge is 2.30. The molecule has 0 amide bonds. The number of ether oxygens (including phenoxy) is 2. The maximum absolute atomic E-state index is 13.4. The van der Waals surface area contributed by atoms with Gasteiger partial charge < -0.3 is 14.8 Å². The molecule has 1 N–H and O–H groups in total. The third-order valence-electron chi connectivity index (χ3n) is 3.90. The van der Waals surface area contributed by atoms with Gasteiger partial charge in [0.2, 0.25) is 0 Å². The van der Waals surface area contributed by atoms with Crippen molar-refractivity contribution in [2.75, 3.05) is 14.2 Å². The Balaban J connectivity index is 1.99. The Hall–Kier alpha value is -2.07. The van der Waals surface area contributed by atoms with Gasteiger partial charge in [-0.2, -0.15) is 0 Å². The molecule has 0 radical (unpaired) electrons. The van der Waals surface area contributed by atoms with Gasteiger partial charge in [0.15, 0.2) is 0 Å². The van der Waals surface area contributed by atoms with E-state index in [0.29, 0.717) is 0 Å². The number of methoxy groups -OCH3 is 1. The van der Waals surface area contributed by atoms with E-state index in [2.05, 4.69) is 5.32 Å². The number of para-hydroxylation sites is 1. The van der Waals surface area contributed by atoms with Crippen LogP contribution in [0.4, 0.5) is 4.39 Å². The second-order valence-electron chi connectivity index (χ2n) is 5.11. The summed E-state index contributed by atoms with van der Waals surface area (Å²) in [5, 5.41) is 3.24. The summed E-state index contributed by atoms with van der Waals surface area (Å²) in [6.07, 6.45) is 0.615. The largest absolute Gasteiger partial charge is 0.496 e. The molecule has 2 aromatic rings. The topological polar surface area (TPSA) is 30.5 Å². The van der Waals surface area contributed by atoms with Crippen molar-refractivity contribution in [3.63, 3.8) is 0 Å². The first-order valence-electron chi connectivity index (χ1n) is 6.99. The van der Waals surface area contributed by atoms with Crippen LogP contribution in [-0.4, -0.2) is 14.2 Å². The first-order chi connectivity index (χ1) is 10.2. The van der Waals surface area contributed by atoms with Gasteiger partial charge in [-0.15, -0.1) is 0 Å². The highest BCUT2D eigenvalue weighted by atomic mass is 19.1. The smallest absolute Gasteiger partial charge is 0.129 e. The van der Waals surface area contributed by atoms with E-state index in [0.717, 1.165) is 29.0 Å². The quantitative estimate of drug-likeness (QED) is 0.935. The van der Waals surface area contributed by atoms with E-state index in [-0.39, 0.29) is 18.0 Å². The molecule has 3 nitrogen and oxygen atoms in total. The molecule has 1 heterocycles. The Morgan fingerprint density at radius 2 is 2.00 bits per heavy atom. The molecule has 3 rings (SSSR count). The van der Waals surface area contributed by atoms with Gasteiger partial charge in [0, 0.05) is 23.6 Å². The van der Waals surface area contributed by atoms with E-state index < -0.39 is 0 Å². The molecule has 1 aliphatic heterocycles. The monoisotopic (exact) mass is 287 g/mol. The van der Waals surface area contributed by atoms with Gasteiger partial charge in [-0.1, -0.05) is 18.2 Å². The second kappa shape index (κ2) is 5.74. The third kappa shape index (κ3) is 2.59. The van der Waals surface area contributed by atoms with Gasteiger partial charge in [0.05, 0.1) is 7.11 Å². The Kier molecular flexibility index (Phi) is 3.80. The zero-order valence-corrected chi connectivity index (χ0v) is 12.1. The predicted octanol–water partition coefficient (Wildman–Crippen LogP) is 3.62. The summed E-state index contributed by atoms with van der Waals surface area (Å²) in [4.78, 5) is 0. The normalized spacial score (nSPS) is 20.5. The third-order valence-corrected chi connectivity index (χ3v) is 3.90. The highest BCUT2D eigenvalue weighted by molar-refractivity contribution is 5.42. The van der Waals surface area contributed by atoms with Gasteiger partial charge in [-0.25, -0.2) is 4.39 Å². The molecule has 1 aliphatic rings. The molecule has 0 saturated heterocycles. The van der Waals surface area contributed by atoms with Crippen LogP contribution in [0.2, 0.25) is 0 Å². The number of benzene rings is 2. The highest BCUT2D eigenvalue weighted by Crippen LogP contribution is 2.42. The Bertz CT molecular complexity index is 644. The van der Waals surface area contributed by atoms with E-state index in [9.17, 15) is 4.39 Å². The van der Waals surface area contributed by atoms with Gasteiger partial charge in [0.25, 0.3) is 0 Å². The molecule has 110 valence electrons. The molecular weight excluding hydrogens is 269 g/mol. The van der Waals surface area contributed by atoms with Crippen LogP contribution in [0.5, 0.6) is 11.5 Å². The predicted molar refractivity (Wildman–Crippen MR) is 79.2 cm³/mol. The number of halogens is 1. The van der Waals surface area contributed by atoms with Crippen molar-refractivity contribution in [3.05, 3.63) is 59.4 Å². The molecular formula is C17H18FNO2. The summed E-state index contributed by atoms with van der Waals surface area (Å²) in [6, 6.07) is 12.5. The molecule has 4 heteroatoms. The molecule has 0 bridgehead atoms. The lowest BCUT2D eigenvalue weighted by Gasteiger charge is -2.33. The van der Waals surface area contributed by atoms with Crippen LogP contribution in [0.25, 0.3) is 0 Å². The van der Waals surface area contributed by atoms with Gasteiger partial charge >= 0.3 is 0 Å². The van der Waals surface area contributed by atoms with E-state index in [1.807, 2.05) is 31.3 Å². The fourth-order valence-corrected chi connectivity index (χ4v) is 2.84. The minimum atomic E-state index is -0.242. The zero-order chi connectivity index (χ0) is 14.8. The molecule has 2 aromatic carbocycles. The summed E-state index contributed by atoms with van der Waals surface area (Å²) in [5.74, 6) is 1.29. The van der Waals surface area contributed by atoms with E-state index >= 15 is 0 Å². The van der Waals surface area contributed by atoms with Crippen molar-refractivity contribution in [3.8, 4) is 11.5 Å². The minimum Gasteiger partial charge on any atom is -0.496 e. The number of nitrogens with one attached hydrogen (secondary N) is 1. The molecule has 0 fully saturated rings. The lowest BCUT2D eigenvalue weighted by molar-refractivity contribution is 0.150. The van der Waals surface area contributed by atoms with Crippen molar-refractivity contribution in [1.29, 1.82) is 0 Å². The number of fused-ring (bicyclic) bond motifs is 1. The summed E-state index contributed by atoms with van der Waals surface area (Å²) < 4.78 is 24.9. The van der Waals surface area contributed by atoms with E-state index in [1.54, 1.807) is 13.2 Å². The Morgan fingerprint density at radius 3 is 2.76 bits per heavy atom. The Morgan fingerprint density at radius 1 is 1.19 bits per heavy atom. The molecule has 0 saturated carbocycles. The van der Waals surface area contributed by atoms with Crippen LogP contribution < -0.4 is 14.8 Å². The summed E-state index contributed by atoms with van der Waals surface area (Å²) in [5.41, 5.74) is 1.87. The van der Waals surface area contributed by atoms with E-state index in [1.165, 1.54) is 12.1 Å². The number of rotatable bonds is 3. The van der Waals surface area contributed by atoms with Crippen molar-refractivity contribution >= 4 is 0 Å². The fourth-order valence-electron chi connectivity index (χ4n) is 2.84. The minimum absolute atomic E-state index is 0.0550. The average Bonchev–Trinajstić information content (AvgIpc) is 2.53. The molecule has 21 heavy (non-hydrogen) atoms.